The Balaban J connectivity index is 2.22. The molecule has 2 rings (SSSR count). The number of halogens is 1. The Morgan fingerprint density at radius 3 is 2.68 bits per heavy atom. The third kappa shape index (κ3) is 3.84. The fourth-order valence-electron chi connectivity index (χ4n) is 1.72. The van der Waals surface area contributed by atoms with Gasteiger partial charge in [0.05, 0.1) is 18.4 Å². The number of nitrogens with one attached hydrogen (secondary N) is 1. The molecule has 1 aromatic carbocycles. The van der Waals surface area contributed by atoms with Gasteiger partial charge in [-0.3, -0.25) is 4.79 Å². The topological polar surface area (TPSA) is 72.5 Å². The molecule has 0 spiro atoms. The molecule has 1 fully saturated rings. The van der Waals surface area contributed by atoms with E-state index in [9.17, 15) is 13.2 Å². The zero-order valence-electron chi connectivity index (χ0n) is 10.3. The molecule has 0 atom stereocenters. The fraction of sp³-hybridized carbons (Fsp3) is 0.417. The standard InChI is InChI=1S/C12H14ClNO4S/c1-18-11-5-4-10(19(13,16)17)6-8(11)7-12(15)14-9-2-3-9/h4-6,9H,2-3,7H2,1H3,(H,14,15). The van der Waals surface area contributed by atoms with Gasteiger partial charge in [-0.05, 0) is 31.0 Å². The van der Waals surface area contributed by atoms with Gasteiger partial charge in [-0.2, -0.15) is 0 Å². The monoisotopic (exact) mass is 303 g/mol. The van der Waals surface area contributed by atoms with E-state index in [1.165, 1.54) is 25.3 Å². The predicted octanol–water partition coefficient (Wildman–Crippen LogP) is 1.44. The van der Waals surface area contributed by atoms with Crippen LogP contribution in [0.15, 0.2) is 23.1 Å². The zero-order valence-corrected chi connectivity index (χ0v) is 11.9. The number of hydrogen-bond donors (Lipinski definition) is 1. The summed E-state index contributed by atoms with van der Waals surface area (Å²) in [7, 11) is 2.94. The summed E-state index contributed by atoms with van der Waals surface area (Å²) < 4.78 is 27.7. The Morgan fingerprint density at radius 2 is 2.16 bits per heavy atom. The number of methoxy groups -OCH3 is 1. The van der Waals surface area contributed by atoms with E-state index in [-0.39, 0.29) is 23.3 Å². The molecule has 1 aliphatic carbocycles. The Hall–Kier alpha value is -1.27. The molecule has 0 aromatic heterocycles. The van der Waals surface area contributed by atoms with Gasteiger partial charge in [-0.25, -0.2) is 8.42 Å². The number of hydrogen-bond acceptors (Lipinski definition) is 4. The highest BCUT2D eigenvalue weighted by Gasteiger charge is 2.24. The molecule has 104 valence electrons. The zero-order chi connectivity index (χ0) is 14.0. The molecule has 1 amide bonds. The summed E-state index contributed by atoms with van der Waals surface area (Å²) in [5.74, 6) is 0.319. The lowest BCUT2D eigenvalue weighted by atomic mass is 10.1. The highest BCUT2D eigenvalue weighted by atomic mass is 35.7. The summed E-state index contributed by atoms with van der Waals surface area (Å²) in [5, 5.41) is 2.83. The van der Waals surface area contributed by atoms with Gasteiger partial charge in [0.25, 0.3) is 9.05 Å². The van der Waals surface area contributed by atoms with Crippen molar-refractivity contribution in [2.45, 2.75) is 30.2 Å². The molecule has 0 unspecified atom stereocenters. The maximum Gasteiger partial charge on any atom is 0.261 e. The molecule has 1 aliphatic rings. The molecule has 0 aliphatic heterocycles. The van der Waals surface area contributed by atoms with Crippen molar-refractivity contribution in [3.05, 3.63) is 23.8 Å². The molecule has 7 heteroatoms. The molecule has 5 nitrogen and oxygen atoms in total. The van der Waals surface area contributed by atoms with Crippen molar-refractivity contribution in [3.8, 4) is 5.75 Å². The van der Waals surface area contributed by atoms with Crippen LogP contribution in [0, 0.1) is 0 Å². The smallest absolute Gasteiger partial charge is 0.261 e. The van der Waals surface area contributed by atoms with Crippen molar-refractivity contribution in [1.29, 1.82) is 0 Å². The average molecular weight is 304 g/mol. The summed E-state index contributed by atoms with van der Waals surface area (Å²) in [5.41, 5.74) is 0.502. The highest BCUT2D eigenvalue weighted by molar-refractivity contribution is 8.13. The number of amides is 1. The van der Waals surface area contributed by atoms with E-state index in [0.717, 1.165) is 12.8 Å². The maximum absolute atomic E-state index is 11.7. The van der Waals surface area contributed by atoms with Gasteiger partial charge in [0, 0.05) is 22.3 Å². The number of benzene rings is 1. The van der Waals surface area contributed by atoms with Gasteiger partial charge >= 0.3 is 0 Å². The van der Waals surface area contributed by atoms with Gasteiger partial charge in [-0.1, -0.05) is 0 Å². The van der Waals surface area contributed by atoms with Crippen LogP contribution >= 0.6 is 10.7 Å². The van der Waals surface area contributed by atoms with Crippen molar-refractivity contribution in [2.75, 3.05) is 7.11 Å². The van der Waals surface area contributed by atoms with Crippen LogP contribution in [0.25, 0.3) is 0 Å². The minimum atomic E-state index is -3.81. The van der Waals surface area contributed by atoms with E-state index in [1.807, 2.05) is 0 Å². The normalized spacial score (nSPS) is 15.1. The summed E-state index contributed by atoms with van der Waals surface area (Å²) in [6.45, 7) is 0. The second-order valence-corrected chi connectivity index (χ2v) is 7.00. The molecule has 1 N–H and O–H groups in total. The second-order valence-electron chi connectivity index (χ2n) is 4.43. The van der Waals surface area contributed by atoms with E-state index < -0.39 is 9.05 Å². The first kappa shape index (κ1) is 14.1. The van der Waals surface area contributed by atoms with Crippen molar-refractivity contribution in [1.82, 2.24) is 5.32 Å². The van der Waals surface area contributed by atoms with Crippen LogP contribution < -0.4 is 10.1 Å². The quantitative estimate of drug-likeness (QED) is 0.836. The first-order valence-electron chi connectivity index (χ1n) is 5.81. The van der Waals surface area contributed by atoms with Crippen LogP contribution in [0.2, 0.25) is 0 Å². The Labute approximate surface area is 116 Å². The van der Waals surface area contributed by atoms with E-state index in [4.69, 9.17) is 15.4 Å². The van der Waals surface area contributed by atoms with Crippen molar-refractivity contribution < 1.29 is 17.9 Å². The van der Waals surface area contributed by atoms with Crippen LogP contribution in [-0.4, -0.2) is 27.5 Å². The molecular weight excluding hydrogens is 290 g/mol. The lowest BCUT2D eigenvalue weighted by molar-refractivity contribution is -0.120. The maximum atomic E-state index is 11.7. The minimum absolute atomic E-state index is 0.0378. The molecule has 0 radical (unpaired) electrons. The first-order valence-corrected chi connectivity index (χ1v) is 8.12. The summed E-state index contributed by atoms with van der Waals surface area (Å²) in [6, 6.07) is 4.48. The summed E-state index contributed by atoms with van der Waals surface area (Å²) >= 11 is 0. The number of rotatable bonds is 5. The minimum Gasteiger partial charge on any atom is -0.496 e. The van der Waals surface area contributed by atoms with Crippen molar-refractivity contribution in [2.24, 2.45) is 0 Å². The van der Waals surface area contributed by atoms with Crippen molar-refractivity contribution >= 4 is 25.6 Å². The Kier molecular flexibility index (Phi) is 4.01. The van der Waals surface area contributed by atoms with Crippen LogP contribution in [0.1, 0.15) is 18.4 Å². The summed E-state index contributed by atoms with van der Waals surface area (Å²) in [6.07, 6.45) is 2.07. The van der Waals surface area contributed by atoms with Crippen LogP contribution in [-0.2, 0) is 20.3 Å². The summed E-state index contributed by atoms with van der Waals surface area (Å²) in [4.78, 5) is 11.7. The van der Waals surface area contributed by atoms with Gasteiger partial charge in [0.1, 0.15) is 5.75 Å². The fourth-order valence-corrected chi connectivity index (χ4v) is 2.53. The molecule has 0 saturated heterocycles. The van der Waals surface area contributed by atoms with E-state index in [0.29, 0.717) is 11.3 Å². The predicted molar refractivity (Wildman–Crippen MR) is 70.9 cm³/mol. The Morgan fingerprint density at radius 1 is 1.47 bits per heavy atom. The van der Waals surface area contributed by atoms with Gasteiger partial charge < -0.3 is 10.1 Å². The van der Waals surface area contributed by atoms with Crippen LogP contribution in [0.4, 0.5) is 0 Å². The molecule has 19 heavy (non-hydrogen) atoms. The number of carbonyl (C=O) groups is 1. The Bertz CT molecular complexity index is 596. The first-order chi connectivity index (χ1) is 8.90. The van der Waals surface area contributed by atoms with Gasteiger partial charge in [-0.15, -0.1) is 0 Å². The third-order valence-electron chi connectivity index (χ3n) is 2.83. The molecule has 0 heterocycles. The SMILES string of the molecule is COc1ccc(S(=O)(=O)Cl)cc1CC(=O)NC1CC1. The molecular formula is C12H14ClNO4S. The van der Waals surface area contributed by atoms with E-state index in [2.05, 4.69) is 5.32 Å². The molecule has 1 saturated carbocycles. The number of carbonyl (C=O) groups excluding carboxylic acids is 1. The molecule has 1 aromatic rings. The second kappa shape index (κ2) is 5.38. The lowest BCUT2D eigenvalue weighted by Gasteiger charge is -2.10. The lowest BCUT2D eigenvalue weighted by Crippen LogP contribution is -2.27. The third-order valence-corrected chi connectivity index (χ3v) is 4.18. The molecule has 0 bridgehead atoms. The van der Waals surface area contributed by atoms with Crippen LogP contribution in [0.5, 0.6) is 5.75 Å². The van der Waals surface area contributed by atoms with Gasteiger partial charge in [0.15, 0.2) is 0 Å². The number of ether oxygens (including phenoxy) is 1. The average Bonchev–Trinajstić information content (AvgIpc) is 3.11. The highest BCUT2D eigenvalue weighted by Crippen LogP contribution is 2.25. The van der Waals surface area contributed by atoms with Gasteiger partial charge in [0.2, 0.25) is 5.91 Å². The van der Waals surface area contributed by atoms with Crippen molar-refractivity contribution in [3.63, 3.8) is 0 Å². The largest absolute Gasteiger partial charge is 0.496 e. The van der Waals surface area contributed by atoms with E-state index in [1.54, 1.807) is 0 Å². The van der Waals surface area contributed by atoms with Crippen LogP contribution in [0.3, 0.4) is 0 Å². The van der Waals surface area contributed by atoms with E-state index >= 15 is 0 Å².